The van der Waals surface area contributed by atoms with Gasteiger partial charge in [0.15, 0.2) is 0 Å². The summed E-state index contributed by atoms with van der Waals surface area (Å²) in [6, 6.07) is 0. The molecule has 0 spiro atoms. The Balaban J connectivity index is 1.16. The molecule has 0 saturated carbocycles. The lowest BCUT2D eigenvalue weighted by molar-refractivity contribution is -0.183. The molecule has 0 amide bonds. The fourth-order valence-corrected chi connectivity index (χ4v) is 7.53. The molecule has 0 aromatic carbocycles. The zero-order valence-corrected chi connectivity index (χ0v) is 20.7. The summed E-state index contributed by atoms with van der Waals surface area (Å²) in [4.78, 5) is 5.36. The van der Waals surface area contributed by atoms with E-state index in [1.165, 1.54) is 142 Å². The van der Waals surface area contributed by atoms with Crippen LogP contribution in [-0.4, -0.2) is 60.6 Å². The summed E-state index contributed by atoms with van der Waals surface area (Å²) < 4.78 is 13.5. The van der Waals surface area contributed by atoms with Gasteiger partial charge >= 0.3 is 0 Å². The van der Waals surface area contributed by atoms with E-state index >= 15 is 0 Å². The second-order valence-electron chi connectivity index (χ2n) is 11.7. The van der Waals surface area contributed by atoms with Gasteiger partial charge in [0.25, 0.3) is 0 Å². The van der Waals surface area contributed by atoms with Crippen LogP contribution in [0.15, 0.2) is 0 Å². The van der Waals surface area contributed by atoms with Crippen molar-refractivity contribution in [2.24, 2.45) is 11.8 Å². The number of hydrogen-bond donors (Lipinski definition) is 0. The van der Waals surface area contributed by atoms with Crippen molar-refractivity contribution in [2.75, 3.05) is 26.2 Å². The lowest BCUT2D eigenvalue weighted by atomic mass is 9.87. The molecule has 0 radical (unpaired) electrons. The monoisotopic (exact) mass is 446 g/mol. The van der Waals surface area contributed by atoms with Crippen molar-refractivity contribution in [1.82, 2.24) is 9.80 Å². The molecule has 4 bridgehead atoms. The third-order valence-corrected chi connectivity index (χ3v) is 9.41. The summed E-state index contributed by atoms with van der Waals surface area (Å²) in [6.07, 6.45) is 26.5. The van der Waals surface area contributed by atoms with Crippen molar-refractivity contribution in [3.05, 3.63) is 0 Å². The second-order valence-corrected chi connectivity index (χ2v) is 11.7. The van der Waals surface area contributed by atoms with Crippen molar-refractivity contribution >= 4 is 0 Å². The van der Waals surface area contributed by atoms with E-state index in [9.17, 15) is 0 Å². The van der Waals surface area contributed by atoms with E-state index in [2.05, 4.69) is 9.80 Å². The lowest BCUT2D eigenvalue weighted by Crippen LogP contribution is -2.53. The van der Waals surface area contributed by atoms with Crippen LogP contribution >= 0.6 is 0 Å². The molecule has 5 aliphatic heterocycles. The first-order valence-corrected chi connectivity index (χ1v) is 14.7. The number of piperidine rings is 2. The van der Waals surface area contributed by atoms with Crippen LogP contribution in [0.1, 0.15) is 116 Å². The maximum Gasteiger partial charge on any atom is 0.113 e. The van der Waals surface area contributed by atoms with Crippen LogP contribution in [0.3, 0.4) is 0 Å². The quantitative estimate of drug-likeness (QED) is 0.434. The van der Waals surface area contributed by atoms with Gasteiger partial charge in [-0.3, -0.25) is 9.80 Å². The summed E-state index contributed by atoms with van der Waals surface area (Å²) in [6.45, 7) is 5.11. The van der Waals surface area contributed by atoms with E-state index in [1.54, 1.807) is 0 Å². The van der Waals surface area contributed by atoms with Gasteiger partial charge in [0.2, 0.25) is 0 Å². The predicted octanol–water partition coefficient (Wildman–Crippen LogP) is 6.34. The predicted molar refractivity (Wildman–Crippen MR) is 131 cm³/mol. The molecule has 4 nitrogen and oxygen atoms in total. The van der Waals surface area contributed by atoms with Gasteiger partial charge in [-0.25, -0.2) is 0 Å². The van der Waals surface area contributed by atoms with Crippen LogP contribution in [0, 0.1) is 11.8 Å². The SMILES string of the molecule is C1CCC[C@@H]2CCCN3CC[C@H](CCCCCC[C@@H]4CCCN5CC[C@H](CC1)O[C@H]45)O[C@H]23. The normalized spacial score (nSPS) is 41.6. The van der Waals surface area contributed by atoms with Crippen molar-refractivity contribution in [2.45, 2.75) is 140 Å². The Morgan fingerprint density at radius 2 is 0.781 bits per heavy atom. The minimum absolute atomic E-state index is 0.440. The van der Waals surface area contributed by atoms with Crippen LogP contribution in [-0.2, 0) is 9.47 Å². The maximum atomic E-state index is 6.74. The van der Waals surface area contributed by atoms with Crippen LogP contribution in [0.5, 0.6) is 0 Å². The number of fused-ring (bicyclic) bond motifs is 2. The highest BCUT2D eigenvalue weighted by Gasteiger charge is 2.38. The minimum atomic E-state index is 0.440. The van der Waals surface area contributed by atoms with Crippen molar-refractivity contribution in [3.63, 3.8) is 0 Å². The van der Waals surface area contributed by atoms with Gasteiger partial charge in [0.1, 0.15) is 12.5 Å². The molecule has 5 rings (SSSR count). The van der Waals surface area contributed by atoms with Gasteiger partial charge in [-0.05, 0) is 76.0 Å². The molecule has 32 heavy (non-hydrogen) atoms. The van der Waals surface area contributed by atoms with Gasteiger partial charge in [0, 0.05) is 26.2 Å². The molecule has 4 heteroatoms. The van der Waals surface area contributed by atoms with Gasteiger partial charge in [-0.1, -0.05) is 51.4 Å². The molecule has 5 aliphatic rings. The summed E-state index contributed by atoms with van der Waals surface area (Å²) in [5.41, 5.74) is 0. The minimum Gasteiger partial charge on any atom is -0.360 e. The number of ether oxygens (including phenoxy) is 2. The van der Waals surface area contributed by atoms with E-state index in [1.807, 2.05) is 0 Å². The van der Waals surface area contributed by atoms with Crippen molar-refractivity contribution in [1.29, 1.82) is 0 Å². The third kappa shape index (κ3) is 6.09. The Hall–Kier alpha value is -0.160. The Kier molecular flexibility index (Phi) is 8.84. The Bertz CT molecular complexity index is 510. The smallest absolute Gasteiger partial charge is 0.113 e. The van der Waals surface area contributed by atoms with Gasteiger partial charge < -0.3 is 9.47 Å². The summed E-state index contributed by atoms with van der Waals surface area (Å²) in [5.74, 6) is 1.57. The second kappa shape index (κ2) is 12.0. The highest BCUT2D eigenvalue weighted by molar-refractivity contribution is 4.85. The average Bonchev–Trinajstić information content (AvgIpc) is 2.83. The molecule has 0 unspecified atom stereocenters. The Morgan fingerprint density at radius 1 is 0.375 bits per heavy atom. The summed E-state index contributed by atoms with van der Waals surface area (Å²) in [5, 5.41) is 0. The fraction of sp³-hybridized carbons (Fsp3) is 1.00. The number of nitrogens with zero attached hydrogens (tertiary/aromatic N) is 2. The molecule has 184 valence electrons. The van der Waals surface area contributed by atoms with E-state index < -0.39 is 0 Å². The summed E-state index contributed by atoms with van der Waals surface area (Å²) in [7, 11) is 0. The van der Waals surface area contributed by atoms with Gasteiger partial charge in [-0.15, -0.1) is 0 Å². The highest BCUT2D eigenvalue weighted by Crippen LogP contribution is 2.36. The van der Waals surface area contributed by atoms with E-state index in [0.29, 0.717) is 24.7 Å². The van der Waals surface area contributed by atoms with E-state index in [4.69, 9.17) is 9.47 Å². The zero-order chi connectivity index (χ0) is 21.6. The molecule has 0 aliphatic carbocycles. The Labute approximate surface area is 197 Å². The topological polar surface area (TPSA) is 24.9 Å². The highest BCUT2D eigenvalue weighted by atomic mass is 16.5. The molecule has 5 fully saturated rings. The molecule has 6 atom stereocenters. The first-order valence-electron chi connectivity index (χ1n) is 14.7. The zero-order valence-electron chi connectivity index (χ0n) is 20.7. The first-order chi connectivity index (χ1) is 15.9. The van der Waals surface area contributed by atoms with Crippen molar-refractivity contribution < 1.29 is 9.47 Å². The molecule has 0 aromatic heterocycles. The van der Waals surface area contributed by atoms with Crippen LogP contribution in [0.4, 0.5) is 0 Å². The lowest BCUT2D eigenvalue weighted by Gasteiger charge is -2.47. The first kappa shape index (κ1) is 23.6. The third-order valence-electron chi connectivity index (χ3n) is 9.41. The Morgan fingerprint density at radius 3 is 1.25 bits per heavy atom. The fourth-order valence-electron chi connectivity index (χ4n) is 7.53. The standard InChI is InChI=1S/C28H50N2O2/c1-3-7-15-25-17-21-30-20-10-14-24(28(30)31-25)12-6-2-4-8-16-26-18-22-29-19-9-13-23(11-5-1)27(29)32-26/h23-28H,1-22H2/t23-,24-,25+,26+,27-,28-/m1/s1. The van der Waals surface area contributed by atoms with Crippen LogP contribution in [0.2, 0.25) is 0 Å². The molecule has 0 aromatic rings. The van der Waals surface area contributed by atoms with Gasteiger partial charge in [-0.2, -0.15) is 0 Å². The molecular formula is C28H50N2O2. The summed E-state index contributed by atoms with van der Waals surface area (Å²) >= 11 is 0. The molecule has 5 saturated heterocycles. The van der Waals surface area contributed by atoms with Crippen LogP contribution in [0.25, 0.3) is 0 Å². The molecular weight excluding hydrogens is 396 g/mol. The van der Waals surface area contributed by atoms with E-state index in [0.717, 1.165) is 11.8 Å². The average molecular weight is 447 g/mol. The maximum absolute atomic E-state index is 6.74. The van der Waals surface area contributed by atoms with Crippen molar-refractivity contribution in [3.8, 4) is 0 Å². The van der Waals surface area contributed by atoms with Gasteiger partial charge in [0.05, 0.1) is 12.2 Å². The molecule has 5 heterocycles. The molecule has 0 N–H and O–H groups in total. The number of rotatable bonds is 0. The number of hydrogen-bond acceptors (Lipinski definition) is 4. The largest absolute Gasteiger partial charge is 0.360 e. The van der Waals surface area contributed by atoms with E-state index in [-0.39, 0.29) is 0 Å². The van der Waals surface area contributed by atoms with Crippen LogP contribution < -0.4 is 0 Å².